The minimum absolute atomic E-state index is 0.192. The van der Waals surface area contributed by atoms with Crippen molar-refractivity contribution in [3.05, 3.63) is 34.9 Å². The summed E-state index contributed by atoms with van der Waals surface area (Å²) in [5, 5.41) is 4.80. The molecule has 0 heterocycles. The zero-order chi connectivity index (χ0) is 16.9. The van der Waals surface area contributed by atoms with E-state index in [2.05, 4.69) is 16.7 Å². The highest BCUT2D eigenvalue weighted by molar-refractivity contribution is 6.05. The number of rotatable bonds is 6. The molecular weight excluding hydrogens is 284 g/mol. The van der Waals surface area contributed by atoms with Crippen molar-refractivity contribution in [3.63, 3.8) is 0 Å². The molecule has 6 N–H and O–H groups in total. The van der Waals surface area contributed by atoms with Gasteiger partial charge in [0.25, 0.3) is 0 Å². The predicted octanol–water partition coefficient (Wildman–Crippen LogP) is -0.127. The van der Waals surface area contributed by atoms with Crippen LogP contribution < -0.4 is 22.1 Å². The number of benzene rings is 1. The maximum absolute atomic E-state index is 11.8. The lowest BCUT2D eigenvalue weighted by Crippen LogP contribution is -2.56. The Bertz CT molecular complexity index is 572. The molecule has 1 atom stereocenters. The monoisotopic (exact) mass is 306 g/mol. The van der Waals surface area contributed by atoms with E-state index in [9.17, 15) is 14.4 Å². The summed E-state index contributed by atoms with van der Waals surface area (Å²) in [6.45, 7) is 5.84. The zero-order valence-corrected chi connectivity index (χ0v) is 13.0. The Morgan fingerprint density at radius 2 is 1.68 bits per heavy atom. The van der Waals surface area contributed by atoms with Crippen molar-refractivity contribution in [2.24, 2.45) is 11.5 Å². The van der Waals surface area contributed by atoms with Crippen molar-refractivity contribution < 1.29 is 14.4 Å². The lowest BCUT2D eigenvalue weighted by Gasteiger charge is -2.18. The Hall–Kier alpha value is -2.57. The fourth-order valence-corrected chi connectivity index (χ4v) is 2.13. The Balaban J connectivity index is 2.60. The van der Waals surface area contributed by atoms with Crippen molar-refractivity contribution in [2.75, 3.05) is 0 Å². The number of primary amides is 2. The van der Waals surface area contributed by atoms with Gasteiger partial charge >= 0.3 is 6.03 Å². The lowest BCUT2D eigenvalue weighted by atomic mass is 10.00. The van der Waals surface area contributed by atoms with E-state index >= 15 is 0 Å². The SMILES string of the molecule is Cc1ccc(C[C@H](C)NC(=O)NC(C(N)=O)C(N)=O)c(C)c1. The van der Waals surface area contributed by atoms with Crippen LogP contribution in [0.5, 0.6) is 0 Å². The maximum Gasteiger partial charge on any atom is 0.316 e. The van der Waals surface area contributed by atoms with E-state index in [1.54, 1.807) is 0 Å². The molecule has 1 aromatic rings. The van der Waals surface area contributed by atoms with Crippen molar-refractivity contribution in [3.8, 4) is 0 Å². The van der Waals surface area contributed by atoms with E-state index in [1.807, 2.05) is 32.9 Å². The molecule has 7 heteroatoms. The number of urea groups is 1. The van der Waals surface area contributed by atoms with E-state index in [-0.39, 0.29) is 6.04 Å². The third-order valence-corrected chi connectivity index (χ3v) is 3.25. The van der Waals surface area contributed by atoms with Crippen LogP contribution in [-0.2, 0) is 16.0 Å². The fraction of sp³-hybridized carbons (Fsp3) is 0.400. The van der Waals surface area contributed by atoms with Gasteiger partial charge in [-0.1, -0.05) is 23.8 Å². The second-order valence-electron chi connectivity index (χ2n) is 5.39. The van der Waals surface area contributed by atoms with Gasteiger partial charge in [-0.05, 0) is 38.3 Å². The van der Waals surface area contributed by atoms with Gasteiger partial charge in [0, 0.05) is 6.04 Å². The lowest BCUT2D eigenvalue weighted by molar-refractivity contribution is -0.128. The molecule has 120 valence electrons. The molecule has 0 aliphatic heterocycles. The summed E-state index contributed by atoms with van der Waals surface area (Å²) in [5.41, 5.74) is 13.4. The van der Waals surface area contributed by atoms with Crippen molar-refractivity contribution >= 4 is 17.8 Å². The van der Waals surface area contributed by atoms with E-state index in [1.165, 1.54) is 5.56 Å². The number of hydrogen-bond acceptors (Lipinski definition) is 3. The summed E-state index contributed by atoms with van der Waals surface area (Å²) < 4.78 is 0. The molecule has 7 nitrogen and oxygen atoms in total. The Morgan fingerprint density at radius 3 is 2.18 bits per heavy atom. The van der Waals surface area contributed by atoms with Crippen LogP contribution in [0.15, 0.2) is 18.2 Å². The van der Waals surface area contributed by atoms with Crippen LogP contribution in [-0.4, -0.2) is 29.9 Å². The first-order chi connectivity index (χ1) is 10.2. The van der Waals surface area contributed by atoms with Crippen LogP contribution in [0.2, 0.25) is 0 Å². The summed E-state index contributed by atoms with van der Waals surface area (Å²) in [4.78, 5) is 33.8. The van der Waals surface area contributed by atoms with Crippen LogP contribution in [0.25, 0.3) is 0 Å². The standard InChI is InChI=1S/C15H22N4O3/c1-8-4-5-11(9(2)6-8)7-10(3)18-15(22)19-12(13(16)20)14(17)21/h4-6,10,12H,7H2,1-3H3,(H2,16,20)(H2,17,21)(H2,18,19,22)/t10-/m0/s1. The highest BCUT2D eigenvalue weighted by Gasteiger charge is 2.24. The molecule has 1 rings (SSSR count). The van der Waals surface area contributed by atoms with Crippen molar-refractivity contribution in [1.29, 1.82) is 0 Å². The molecule has 22 heavy (non-hydrogen) atoms. The van der Waals surface area contributed by atoms with Gasteiger partial charge in [-0.2, -0.15) is 0 Å². The van der Waals surface area contributed by atoms with E-state index in [0.717, 1.165) is 11.1 Å². The number of carbonyl (C=O) groups is 3. The summed E-state index contributed by atoms with van der Waals surface area (Å²) in [5.74, 6) is -1.99. The third kappa shape index (κ3) is 5.08. The van der Waals surface area contributed by atoms with Gasteiger partial charge in [-0.25, -0.2) is 4.79 Å². The molecule has 0 aliphatic carbocycles. The largest absolute Gasteiger partial charge is 0.367 e. The number of hydrogen-bond donors (Lipinski definition) is 4. The van der Waals surface area contributed by atoms with Crippen LogP contribution in [0.1, 0.15) is 23.6 Å². The van der Waals surface area contributed by atoms with E-state index in [0.29, 0.717) is 6.42 Å². The highest BCUT2D eigenvalue weighted by Crippen LogP contribution is 2.12. The molecule has 0 radical (unpaired) electrons. The first kappa shape index (κ1) is 17.5. The molecule has 4 amide bonds. The average molecular weight is 306 g/mol. The van der Waals surface area contributed by atoms with Gasteiger partial charge in [0.05, 0.1) is 0 Å². The van der Waals surface area contributed by atoms with Crippen molar-refractivity contribution in [1.82, 2.24) is 10.6 Å². The minimum atomic E-state index is -1.52. The van der Waals surface area contributed by atoms with Gasteiger partial charge < -0.3 is 22.1 Å². The molecule has 0 fully saturated rings. The Kier molecular flexibility index (Phi) is 5.91. The van der Waals surface area contributed by atoms with Crippen LogP contribution in [0.4, 0.5) is 4.79 Å². The van der Waals surface area contributed by atoms with Crippen LogP contribution in [0, 0.1) is 13.8 Å². The number of amides is 4. The van der Waals surface area contributed by atoms with Crippen LogP contribution >= 0.6 is 0 Å². The molecule has 1 aromatic carbocycles. The summed E-state index contributed by atoms with van der Waals surface area (Å²) >= 11 is 0. The minimum Gasteiger partial charge on any atom is -0.367 e. The summed E-state index contributed by atoms with van der Waals surface area (Å²) in [6, 6.07) is 3.70. The first-order valence-corrected chi connectivity index (χ1v) is 6.92. The molecule has 0 spiro atoms. The summed E-state index contributed by atoms with van der Waals surface area (Å²) in [6.07, 6.45) is 0.622. The second kappa shape index (κ2) is 7.44. The number of carbonyl (C=O) groups excluding carboxylic acids is 3. The number of nitrogens with one attached hydrogen (secondary N) is 2. The van der Waals surface area contributed by atoms with E-state index < -0.39 is 23.9 Å². The van der Waals surface area contributed by atoms with Gasteiger partial charge in [0.2, 0.25) is 11.8 Å². The molecule has 0 unspecified atom stereocenters. The van der Waals surface area contributed by atoms with Crippen molar-refractivity contribution in [2.45, 2.75) is 39.3 Å². The van der Waals surface area contributed by atoms with Gasteiger partial charge in [0.1, 0.15) is 0 Å². The van der Waals surface area contributed by atoms with Gasteiger partial charge in [-0.3, -0.25) is 9.59 Å². The average Bonchev–Trinajstić information content (AvgIpc) is 2.38. The van der Waals surface area contributed by atoms with E-state index in [4.69, 9.17) is 11.5 Å². The van der Waals surface area contributed by atoms with Crippen LogP contribution in [0.3, 0.4) is 0 Å². The smallest absolute Gasteiger partial charge is 0.316 e. The third-order valence-electron chi connectivity index (χ3n) is 3.25. The quantitative estimate of drug-likeness (QED) is 0.547. The molecule has 0 aliphatic rings. The molecule has 0 saturated carbocycles. The Morgan fingerprint density at radius 1 is 1.09 bits per heavy atom. The molecule has 0 saturated heterocycles. The molecule has 0 bridgehead atoms. The zero-order valence-electron chi connectivity index (χ0n) is 13.0. The highest BCUT2D eigenvalue weighted by atomic mass is 16.2. The summed E-state index contributed by atoms with van der Waals surface area (Å²) in [7, 11) is 0. The first-order valence-electron chi connectivity index (χ1n) is 6.92. The number of nitrogens with two attached hydrogens (primary N) is 2. The van der Waals surface area contributed by atoms with Gasteiger partial charge in [0.15, 0.2) is 6.04 Å². The Labute approximate surface area is 129 Å². The maximum atomic E-state index is 11.8. The fourth-order valence-electron chi connectivity index (χ4n) is 2.13. The molecule has 0 aromatic heterocycles. The van der Waals surface area contributed by atoms with Gasteiger partial charge in [-0.15, -0.1) is 0 Å². The second-order valence-corrected chi connectivity index (χ2v) is 5.39. The molecular formula is C15H22N4O3. The topological polar surface area (TPSA) is 127 Å². The number of aryl methyl sites for hydroxylation is 2. The normalized spacial score (nSPS) is 11.8. The predicted molar refractivity (Wildman–Crippen MR) is 82.9 cm³/mol.